The van der Waals surface area contributed by atoms with E-state index < -0.39 is 0 Å². The lowest BCUT2D eigenvalue weighted by molar-refractivity contribution is -0.119. The third kappa shape index (κ3) is 2.76. The van der Waals surface area contributed by atoms with Gasteiger partial charge in [0.25, 0.3) is 0 Å². The van der Waals surface area contributed by atoms with Crippen molar-refractivity contribution >= 4 is 17.3 Å². The molecule has 5 heteroatoms. The van der Waals surface area contributed by atoms with E-state index in [0.29, 0.717) is 6.42 Å². The summed E-state index contributed by atoms with van der Waals surface area (Å²) in [4.78, 5) is 12.6. The molecule has 128 valence electrons. The van der Waals surface area contributed by atoms with Crippen molar-refractivity contribution in [3.8, 4) is 11.5 Å². The maximum atomic E-state index is 12.6. The van der Waals surface area contributed by atoms with Crippen molar-refractivity contribution in [2.45, 2.75) is 19.3 Å². The summed E-state index contributed by atoms with van der Waals surface area (Å²) in [7, 11) is 3.29. The summed E-state index contributed by atoms with van der Waals surface area (Å²) in [5, 5.41) is 6.25. The zero-order valence-corrected chi connectivity index (χ0v) is 14.4. The molecule has 1 atom stereocenters. The van der Waals surface area contributed by atoms with Gasteiger partial charge in [-0.3, -0.25) is 4.79 Å². The van der Waals surface area contributed by atoms with Gasteiger partial charge in [0.1, 0.15) is 11.5 Å². The Morgan fingerprint density at radius 1 is 1.04 bits per heavy atom. The number of benzene rings is 2. The average Bonchev–Trinajstić information content (AvgIpc) is 2.67. The quantitative estimate of drug-likeness (QED) is 0.863. The molecule has 0 fully saturated rings. The van der Waals surface area contributed by atoms with E-state index in [0.717, 1.165) is 41.3 Å². The van der Waals surface area contributed by atoms with Crippen LogP contribution >= 0.6 is 0 Å². The molecule has 4 rings (SSSR count). The lowest BCUT2D eigenvalue weighted by atomic mass is 9.79. The summed E-state index contributed by atoms with van der Waals surface area (Å²) < 4.78 is 10.6. The van der Waals surface area contributed by atoms with Crippen LogP contribution in [0.5, 0.6) is 11.5 Å². The number of amides is 1. The van der Waals surface area contributed by atoms with E-state index in [4.69, 9.17) is 14.6 Å². The van der Waals surface area contributed by atoms with Crippen molar-refractivity contribution in [1.82, 2.24) is 0 Å². The van der Waals surface area contributed by atoms with Crippen LogP contribution in [-0.4, -0.2) is 25.8 Å². The van der Waals surface area contributed by atoms with Crippen molar-refractivity contribution in [2.75, 3.05) is 19.2 Å². The fraction of sp³-hybridized carbons (Fsp3) is 0.300. The summed E-state index contributed by atoms with van der Waals surface area (Å²) >= 11 is 0. The van der Waals surface area contributed by atoms with Crippen molar-refractivity contribution in [3.05, 3.63) is 53.6 Å². The van der Waals surface area contributed by atoms with Gasteiger partial charge in [-0.05, 0) is 54.8 Å². The van der Waals surface area contributed by atoms with Crippen molar-refractivity contribution in [3.63, 3.8) is 0 Å². The lowest BCUT2D eigenvalue weighted by Crippen LogP contribution is -2.39. The molecule has 0 radical (unpaired) electrons. The average molecular weight is 336 g/mol. The Morgan fingerprint density at radius 2 is 1.76 bits per heavy atom. The first-order valence-corrected chi connectivity index (χ1v) is 8.42. The molecule has 1 aliphatic heterocycles. The molecule has 1 unspecified atom stereocenters. The lowest BCUT2D eigenvalue weighted by Gasteiger charge is -2.33. The van der Waals surface area contributed by atoms with Gasteiger partial charge in [-0.25, -0.2) is 5.01 Å². The van der Waals surface area contributed by atoms with E-state index in [9.17, 15) is 4.79 Å². The molecule has 2 aliphatic rings. The Kier molecular flexibility index (Phi) is 3.92. The number of anilines is 1. The van der Waals surface area contributed by atoms with Gasteiger partial charge in [-0.15, -0.1) is 0 Å². The van der Waals surface area contributed by atoms with Gasteiger partial charge < -0.3 is 9.47 Å². The number of carbonyl (C=O) groups excluding carboxylic acids is 1. The standard InChI is InChI=1S/C20H20N2O3/c1-24-16-9-6-15(7-10-16)22-19(23)11-14-4-3-13-5-8-17(25-2)12-18(13)20(14)21-22/h5-10,12,14H,3-4,11H2,1-2H3. The van der Waals surface area contributed by atoms with E-state index in [1.165, 1.54) is 10.6 Å². The first kappa shape index (κ1) is 15.7. The van der Waals surface area contributed by atoms with Crippen LogP contribution in [0.2, 0.25) is 0 Å². The van der Waals surface area contributed by atoms with E-state index in [2.05, 4.69) is 6.07 Å². The molecule has 0 saturated heterocycles. The van der Waals surface area contributed by atoms with Crippen molar-refractivity contribution < 1.29 is 14.3 Å². The third-order valence-corrected chi connectivity index (χ3v) is 4.92. The number of fused-ring (bicyclic) bond motifs is 3. The first-order valence-electron chi connectivity index (χ1n) is 8.42. The van der Waals surface area contributed by atoms with Crippen molar-refractivity contribution in [1.29, 1.82) is 0 Å². The number of carbonyl (C=O) groups is 1. The maximum Gasteiger partial charge on any atom is 0.248 e. The van der Waals surface area contributed by atoms with E-state index in [1.54, 1.807) is 14.2 Å². The summed E-state index contributed by atoms with van der Waals surface area (Å²) in [6.07, 6.45) is 2.42. The normalized spacial score (nSPS) is 19.0. The monoisotopic (exact) mass is 336 g/mol. The third-order valence-electron chi connectivity index (χ3n) is 4.92. The molecule has 0 bridgehead atoms. The summed E-state index contributed by atoms with van der Waals surface area (Å²) in [6, 6.07) is 13.5. The van der Waals surface area contributed by atoms with Crippen LogP contribution in [-0.2, 0) is 11.2 Å². The first-order chi connectivity index (χ1) is 12.2. The number of aryl methyl sites for hydroxylation is 1. The van der Waals surface area contributed by atoms with Gasteiger partial charge in [0, 0.05) is 17.9 Å². The van der Waals surface area contributed by atoms with Crippen LogP contribution in [0.1, 0.15) is 24.0 Å². The second kappa shape index (κ2) is 6.24. The second-order valence-corrected chi connectivity index (χ2v) is 6.35. The zero-order valence-electron chi connectivity index (χ0n) is 14.4. The molecule has 0 spiro atoms. The number of nitrogens with zero attached hydrogens (tertiary/aromatic N) is 2. The summed E-state index contributed by atoms with van der Waals surface area (Å²) in [5.41, 5.74) is 4.10. The van der Waals surface area contributed by atoms with Crippen LogP contribution in [0.15, 0.2) is 47.6 Å². The molecule has 1 aliphatic carbocycles. The van der Waals surface area contributed by atoms with Crippen LogP contribution in [0.4, 0.5) is 5.69 Å². The Hall–Kier alpha value is -2.82. The minimum Gasteiger partial charge on any atom is -0.497 e. The number of rotatable bonds is 3. The number of hydrogen-bond acceptors (Lipinski definition) is 4. The highest BCUT2D eigenvalue weighted by Gasteiger charge is 2.34. The fourth-order valence-electron chi connectivity index (χ4n) is 3.55. The highest BCUT2D eigenvalue weighted by molar-refractivity contribution is 6.11. The van der Waals surface area contributed by atoms with Gasteiger partial charge >= 0.3 is 0 Å². The number of ether oxygens (including phenoxy) is 2. The predicted molar refractivity (Wildman–Crippen MR) is 96.4 cm³/mol. The topological polar surface area (TPSA) is 51.1 Å². The summed E-state index contributed by atoms with van der Waals surface area (Å²) in [6.45, 7) is 0. The molecular weight excluding hydrogens is 316 g/mol. The summed E-state index contributed by atoms with van der Waals surface area (Å²) in [5.74, 6) is 1.79. The Morgan fingerprint density at radius 3 is 2.48 bits per heavy atom. The Labute approximate surface area is 146 Å². The molecule has 0 N–H and O–H groups in total. The minimum absolute atomic E-state index is 0.0327. The molecule has 25 heavy (non-hydrogen) atoms. The van der Waals surface area contributed by atoms with E-state index in [-0.39, 0.29) is 11.8 Å². The molecule has 1 heterocycles. The van der Waals surface area contributed by atoms with Crippen LogP contribution in [0.25, 0.3) is 0 Å². The Balaban J connectivity index is 1.76. The Bertz CT molecular complexity index is 843. The van der Waals surface area contributed by atoms with Crippen LogP contribution in [0, 0.1) is 5.92 Å². The minimum atomic E-state index is 0.0327. The molecular formula is C20H20N2O3. The second-order valence-electron chi connectivity index (χ2n) is 6.35. The zero-order chi connectivity index (χ0) is 17.4. The molecule has 0 aromatic heterocycles. The molecule has 2 aromatic rings. The number of hydrazone groups is 1. The SMILES string of the molecule is COc1ccc(N2N=C3c4cc(OC)ccc4CCC3CC2=O)cc1. The predicted octanol–water partition coefficient (Wildman–Crippen LogP) is 3.41. The molecule has 5 nitrogen and oxygen atoms in total. The van der Waals surface area contributed by atoms with Gasteiger partial charge in [0.05, 0.1) is 25.6 Å². The largest absolute Gasteiger partial charge is 0.497 e. The van der Waals surface area contributed by atoms with Gasteiger partial charge in [0.15, 0.2) is 0 Å². The van der Waals surface area contributed by atoms with Crippen LogP contribution < -0.4 is 14.5 Å². The van der Waals surface area contributed by atoms with Gasteiger partial charge in [-0.2, -0.15) is 5.10 Å². The highest BCUT2D eigenvalue weighted by atomic mass is 16.5. The molecule has 2 aromatic carbocycles. The molecule has 1 amide bonds. The highest BCUT2D eigenvalue weighted by Crippen LogP contribution is 2.35. The van der Waals surface area contributed by atoms with E-state index in [1.807, 2.05) is 36.4 Å². The van der Waals surface area contributed by atoms with E-state index >= 15 is 0 Å². The smallest absolute Gasteiger partial charge is 0.248 e. The fourth-order valence-corrected chi connectivity index (χ4v) is 3.55. The number of methoxy groups -OCH3 is 2. The van der Waals surface area contributed by atoms with Crippen molar-refractivity contribution in [2.24, 2.45) is 11.0 Å². The maximum absolute atomic E-state index is 12.6. The van der Waals surface area contributed by atoms with Gasteiger partial charge in [0.2, 0.25) is 5.91 Å². The van der Waals surface area contributed by atoms with Crippen LogP contribution in [0.3, 0.4) is 0 Å². The number of hydrogen-bond donors (Lipinski definition) is 0. The van der Waals surface area contributed by atoms with Gasteiger partial charge in [-0.1, -0.05) is 6.07 Å². The molecule has 0 saturated carbocycles.